The molecule has 0 saturated carbocycles. The number of nitrogens with zero attached hydrogens (tertiary/aromatic N) is 2. The maximum absolute atomic E-state index is 13.9. The van der Waals surface area contributed by atoms with Crippen molar-refractivity contribution in [2.75, 3.05) is 5.32 Å². The molecule has 1 amide bonds. The molecule has 5 rings (SSSR count). The standard InChI is InChI=1S/C26H25N3O2S3/c1-16(22(30)27-17-10-6-4-7-11-17)33-25-28-23-21(19-14-26(2,3)32-15-20(19)34-23)24(31)29(25)18-12-8-5-9-13-18/h4-13,16H,14-15H2,1-3H3,(H,27,30)/t16-/m1/s1. The molecule has 0 aliphatic carbocycles. The van der Waals surface area contributed by atoms with Crippen molar-refractivity contribution < 1.29 is 4.79 Å². The van der Waals surface area contributed by atoms with Gasteiger partial charge in [0, 0.05) is 21.1 Å². The lowest BCUT2D eigenvalue weighted by Crippen LogP contribution is -2.27. The van der Waals surface area contributed by atoms with Crippen molar-refractivity contribution >= 4 is 56.7 Å². The zero-order chi connectivity index (χ0) is 23.9. The first kappa shape index (κ1) is 23.2. The predicted molar refractivity (Wildman–Crippen MR) is 145 cm³/mol. The van der Waals surface area contributed by atoms with Gasteiger partial charge in [-0.3, -0.25) is 14.2 Å². The van der Waals surface area contributed by atoms with Crippen LogP contribution in [0.2, 0.25) is 0 Å². The van der Waals surface area contributed by atoms with Crippen LogP contribution in [0.25, 0.3) is 15.9 Å². The molecule has 2 aromatic carbocycles. The number of carbonyl (C=O) groups is 1. The molecular formula is C26H25N3O2S3. The summed E-state index contributed by atoms with van der Waals surface area (Å²) in [6, 6.07) is 19.0. The minimum Gasteiger partial charge on any atom is -0.325 e. The Labute approximate surface area is 211 Å². The number of thiophene rings is 1. The normalized spacial score (nSPS) is 15.6. The maximum Gasteiger partial charge on any atom is 0.267 e. The fourth-order valence-corrected chi connectivity index (χ4v) is 7.34. The number of aromatic nitrogens is 2. The number of hydrogen-bond donors (Lipinski definition) is 1. The van der Waals surface area contributed by atoms with Gasteiger partial charge in [0.05, 0.1) is 16.3 Å². The van der Waals surface area contributed by atoms with Gasteiger partial charge < -0.3 is 5.32 Å². The van der Waals surface area contributed by atoms with E-state index in [9.17, 15) is 9.59 Å². The van der Waals surface area contributed by atoms with E-state index in [1.807, 2.05) is 79.3 Å². The Kier molecular flexibility index (Phi) is 6.31. The Balaban J connectivity index is 1.58. The molecule has 1 aliphatic rings. The van der Waals surface area contributed by atoms with Crippen molar-refractivity contribution in [1.82, 2.24) is 9.55 Å². The summed E-state index contributed by atoms with van der Waals surface area (Å²) in [4.78, 5) is 33.8. The zero-order valence-electron chi connectivity index (χ0n) is 19.2. The minimum absolute atomic E-state index is 0.0606. The predicted octanol–water partition coefficient (Wildman–Crippen LogP) is 6.13. The van der Waals surface area contributed by atoms with Crippen LogP contribution in [0.1, 0.15) is 31.2 Å². The molecule has 3 heterocycles. The molecule has 0 spiro atoms. The van der Waals surface area contributed by atoms with Gasteiger partial charge in [0.25, 0.3) is 5.56 Å². The summed E-state index contributed by atoms with van der Waals surface area (Å²) in [5.41, 5.74) is 2.58. The third-order valence-electron chi connectivity index (χ3n) is 5.78. The van der Waals surface area contributed by atoms with Gasteiger partial charge in [0.1, 0.15) is 4.83 Å². The molecule has 1 N–H and O–H groups in total. The van der Waals surface area contributed by atoms with Gasteiger partial charge in [-0.2, -0.15) is 0 Å². The molecule has 8 heteroatoms. The highest BCUT2D eigenvalue weighted by atomic mass is 32.2. The fraction of sp³-hybridized carbons (Fsp3) is 0.269. The summed E-state index contributed by atoms with van der Waals surface area (Å²) in [6.07, 6.45) is 0.848. The van der Waals surface area contributed by atoms with Crippen LogP contribution in [0.3, 0.4) is 0 Å². The molecule has 0 saturated heterocycles. The van der Waals surface area contributed by atoms with Crippen molar-refractivity contribution in [3.05, 3.63) is 81.5 Å². The minimum atomic E-state index is -0.441. The SMILES string of the molecule is C[C@@H](Sc1nc2sc3c(c2c(=O)n1-c1ccccc1)CC(C)(C)SC3)C(=O)Nc1ccccc1. The molecule has 1 aliphatic heterocycles. The van der Waals surface area contributed by atoms with Crippen molar-refractivity contribution in [2.24, 2.45) is 0 Å². The first-order chi connectivity index (χ1) is 16.3. The van der Waals surface area contributed by atoms with E-state index in [0.29, 0.717) is 5.16 Å². The smallest absolute Gasteiger partial charge is 0.267 e. The van der Waals surface area contributed by atoms with Crippen LogP contribution < -0.4 is 10.9 Å². The Morgan fingerprint density at radius 1 is 1.12 bits per heavy atom. The van der Waals surface area contributed by atoms with E-state index >= 15 is 0 Å². The van der Waals surface area contributed by atoms with E-state index in [1.165, 1.54) is 16.6 Å². The van der Waals surface area contributed by atoms with Gasteiger partial charge >= 0.3 is 0 Å². The van der Waals surface area contributed by atoms with Crippen LogP contribution in [-0.2, 0) is 17.0 Å². The van der Waals surface area contributed by atoms with Gasteiger partial charge in [0.2, 0.25) is 5.91 Å². The molecule has 34 heavy (non-hydrogen) atoms. The topological polar surface area (TPSA) is 64.0 Å². The van der Waals surface area contributed by atoms with E-state index in [4.69, 9.17) is 4.98 Å². The number of nitrogens with one attached hydrogen (secondary N) is 1. The van der Waals surface area contributed by atoms with E-state index in [1.54, 1.807) is 15.9 Å². The highest BCUT2D eigenvalue weighted by Gasteiger charge is 2.31. The monoisotopic (exact) mass is 507 g/mol. The highest BCUT2D eigenvalue weighted by Crippen LogP contribution is 2.44. The second kappa shape index (κ2) is 9.24. The Bertz CT molecular complexity index is 1410. The lowest BCUT2D eigenvalue weighted by Gasteiger charge is -2.28. The van der Waals surface area contributed by atoms with Gasteiger partial charge in [-0.25, -0.2) is 4.98 Å². The van der Waals surface area contributed by atoms with Crippen LogP contribution in [0.4, 0.5) is 5.69 Å². The molecule has 0 fully saturated rings. The van der Waals surface area contributed by atoms with E-state index in [2.05, 4.69) is 19.2 Å². The number of thioether (sulfide) groups is 2. The van der Waals surface area contributed by atoms with E-state index in [-0.39, 0.29) is 16.2 Å². The number of amides is 1. The fourth-order valence-electron chi connectivity index (χ4n) is 4.03. The van der Waals surface area contributed by atoms with Crippen molar-refractivity contribution in [2.45, 2.75) is 48.1 Å². The first-order valence-electron chi connectivity index (χ1n) is 11.1. The van der Waals surface area contributed by atoms with Gasteiger partial charge in [-0.05, 0) is 43.2 Å². The number of benzene rings is 2. The lowest BCUT2D eigenvalue weighted by molar-refractivity contribution is -0.115. The summed E-state index contributed by atoms with van der Waals surface area (Å²) >= 11 is 4.84. The molecule has 4 aromatic rings. The largest absolute Gasteiger partial charge is 0.325 e. The average molecular weight is 508 g/mol. The van der Waals surface area contributed by atoms with Gasteiger partial charge in [-0.1, -0.05) is 62.0 Å². The highest BCUT2D eigenvalue weighted by molar-refractivity contribution is 8.00. The molecule has 0 bridgehead atoms. The number of anilines is 1. The lowest BCUT2D eigenvalue weighted by atomic mass is 10.00. The Morgan fingerprint density at radius 3 is 2.50 bits per heavy atom. The summed E-state index contributed by atoms with van der Waals surface area (Å²) in [5.74, 6) is 0.765. The molecule has 174 valence electrons. The van der Waals surface area contributed by atoms with E-state index in [0.717, 1.165) is 39.3 Å². The van der Waals surface area contributed by atoms with Crippen LogP contribution in [0.15, 0.2) is 70.6 Å². The third-order valence-corrected chi connectivity index (χ3v) is 9.50. The number of fused-ring (bicyclic) bond motifs is 3. The molecule has 2 aromatic heterocycles. The summed E-state index contributed by atoms with van der Waals surface area (Å²) in [7, 11) is 0. The number of hydrogen-bond acceptors (Lipinski definition) is 6. The Hall–Kier alpha value is -2.55. The van der Waals surface area contributed by atoms with Crippen LogP contribution in [0, 0.1) is 0 Å². The van der Waals surface area contributed by atoms with Crippen molar-refractivity contribution in [3.63, 3.8) is 0 Å². The second-order valence-electron chi connectivity index (χ2n) is 8.89. The number of para-hydroxylation sites is 2. The van der Waals surface area contributed by atoms with Crippen molar-refractivity contribution in [3.8, 4) is 5.69 Å². The molecule has 0 unspecified atom stereocenters. The summed E-state index contributed by atoms with van der Waals surface area (Å²) < 4.78 is 1.75. The molecule has 0 radical (unpaired) electrons. The zero-order valence-corrected chi connectivity index (χ0v) is 21.7. The number of rotatable bonds is 5. The maximum atomic E-state index is 13.9. The second-order valence-corrected chi connectivity index (χ2v) is 13.0. The van der Waals surface area contributed by atoms with Gasteiger partial charge in [0.15, 0.2) is 5.16 Å². The van der Waals surface area contributed by atoms with Crippen molar-refractivity contribution in [1.29, 1.82) is 0 Å². The summed E-state index contributed by atoms with van der Waals surface area (Å²) in [6.45, 7) is 6.29. The number of carbonyl (C=O) groups excluding carboxylic acids is 1. The van der Waals surface area contributed by atoms with E-state index < -0.39 is 5.25 Å². The quantitative estimate of drug-likeness (QED) is 0.260. The third kappa shape index (κ3) is 4.54. The molecule has 1 atom stereocenters. The Morgan fingerprint density at radius 2 is 1.79 bits per heavy atom. The molecular weight excluding hydrogens is 483 g/mol. The van der Waals surface area contributed by atoms with Crippen LogP contribution in [0.5, 0.6) is 0 Å². The first-order valence-corrected chi connectivity index (χ1v) is 13.8. The van der Waals surface area contributed by atoms with Gasteiger partial charge in [-0.15, -0.1) is 23.1 Å². The van der Waals surface area contributed by atoms with Crippen LogP contribution >= 0.6 is 34.9 Å². The summed E-state index contributed by atoms with van der Waals surface area (Å²) in [5, 5.41) is 3.76. The molecule has 5 nitrogen and oxygen atoms in total. The van der Waals surface area contributed by atoms with Crippen LogP contribution in [-0.4, -0.2) is 25.5 Å². The average Bonchev–Trinajstić information content (AvgIpc) is 3.17.